The zero-order valence-electron chi connectivity index (χ0n) is 18.0. The number of rotatable bonds is 4. The molecule has 2 aromatic carbocycles. The van der Waals surface area contributed by atoms with Gasteiger partial charge in [-0.2, -0.15) is 4.31 Å². The van der Waals surface area contributed by atoms with E-state index in [0.717, 1.165) is 16.8 Å². The van der Waals surface area contributed by atoms with Crippen LogP contribution in [0.25, 0.3) is 0 Å². The Kier molecular flexibility index (Phi) is 6.19. The number of fused-ring (bicyclic) bond motifs is 2. The highest BCUT2D eigenvalue weighted by molar-refractivity contribution is 7.99. The lowest BCUT2D eigenvalue weighted by atomic mass is 10.0. The van der Waals surface area contributed by atoms with Crippen LogP contribution in [0.3, 0.4) is 0 Å². The Morgan fingerprint density at radius 2 is 1.88 bits per heavy atom. The van der Waals surface area contributed by atoms with Crippen LogP contribution in [0.5, 0.6) is 0 Å². The number of carbonyl (C=O) groups is 1. The molecule has 8 nitrogen and oxygen atoms in total. The Morgan fingerprint density at radius 1 is 1.12 bits per heavy atom. The largest absolute Gasteiger partial charge is 0.324 e. The number of hydrogen-bond donors (Lipinski definition) is 1. The summed E-state index contributed by atoms with van der Waals surface area (Å²) in [6.07, 6.45) is 3.36. The number of benzene rings is 2. The molecular formula is C22H19Cl2N5O3S2. The zero-order valence-corrected chi connectivity index (χ0v) is 21.1. The van der Waals surface area contributed by atoms with Crippen molar-refractivity contribution < 1.29 is 13.2 Å². The molecular weight excluding hydrogens is 517 g/mol. The summed E-state index contributed by atoms with van der Waals surface area (Å²) in [6.45, 7) is 0.823. The maximum Gasteiger partial charge on any atom is 0.263 e. The monoisotopic (exact) mass is 535 g/mol. The van der Waals surface area contributed by atoms with Crippen molar-refractivity contribution in [3.05, 3.63) is 69.3 Å². The second-order valence-corrected chi connectivity index (χ2v) is 11.7. The molecule has 0 radical (unpaired) electrons. The van der Waals surface area contributed by atoms with Gasteiger partial charge in [0.2, 0.25) is 16.0 Å². The van der Waals surface area contributed by atoms with Crippen LogP contribution in [0.1, 0.15) is 21.5 Å². The van der Waals surface area contributed by atoms with E-state index in [-0.39, 0.29) is 5.91 Å². The fourth-order valence-electron chi connectivity index (χ4n) is 3.94. The molecule has 0 unspecified atom stereocenters. The molecule has 0 saturated heterocycles. The third-order valence-electron chi connectivity index (χ3n) is 5.68. The fourth-order valence-corrected chi connectivity index (χ4v) is 6.29. The third-order valence-corrected chi connectivity index (χ3v) is 8.51. The molecule has 176 valence electrons. The molecule has 34 heavy (non-hydrogen) atoms. The van der Waals surface area contributed by atoms with Gasteiger partial charge in [-0.05, 0) is 41.8 Å². The van der Waals surface area contributed by atoms with Gasteiger partial charge in [-0.1, -0.05) is 47.1 Å². The van der Waals surface area contributed by atoms with E-state index in [1.807, 2.05) is 18.2 Å². The highest BCUT2D eigenvalue weighted by Crippen LogP contribution is 2.39. The minimum absolute atomic E-state index is 0.264. The number of thioether (sulfide) groups is 1. The highest BCUT2D eigenvalue weighted by atomic mass is 35.5. The molecule has 5 rings (SSSR count). The molecule has 1 amide bonds. The number of para-hydroxylation sites is 1. The van der Waals surface area contributed by atoms with Crippen LogP contribution in [-0.2, 0) is 23.0 Å². The molecule has 12 heteroatoms. The van der Waals surface area contributed by atoms with Gasteiger partial charge >= 0.3 is 0 Å². The Balaban J connectivity index is 1.35. The van der Waals surface area contributed by atoms with Gasteiger partial charge in [0.25, 0.3) is 5.91 Å². The zero-order chi connectivity index (χ0) is 24.0. The number of nitrogens with one attached hydrogen (secondary N) is 1. The maximum atomic E-state index is 13.1. The number of aromatic nitrogens is 2. The first kappa shape index (κ1) is 23.4. The van der Waals surface area contributed by atoms with Gasteiger partial charge in [0.15, 0.2) is 0 Å². The van der Waals surface area contributed by atoms with Crippen molar-refractivity contribution in [3.63, 3.8) is 0 Å². The lowest BCUT2D eigenvalue weighted by Gasteiger charge is -2.28. The van der Waals surface area contributed by atoms with E-state index >= 15 is 0 Å². The quantitative estimate of drug-likeness (QED) is 0.489. The van der Waals surface area contributed by atoms with Crippen LogP contribution in [-0.4, -0.2) is 47.3 Å². The molecule has 0 fully saturated rings. The molecule has 3 heterocycles. The summed E-state index contributed by atoms with van der Waals surface area (Å²) in [5, 5.41) is 4.56. The Labute approximate surface area is 211 Å². The Morgan fingerprint density at radius 3 is 2.62 bits per heavy atom. The molecule has 0 bridgehead atoms. The van der Waals surface area contributed by atoms with Crippen molar-refractivity contribution in [3.8, 4) is 0 Å². The van der Waals surface area contributed by atoms with Gasteiger partial charge in [-0.15, -0.1) is 0 Å². The van der Waals surface area contributed by atoms with E-state index in [1.54, 1.807) is 18.2 Å². The molecule has 0 aliphatic carbocycles. The SMILES string of the molecule is CS(=O)(=O)N1CCc2cc(Nc3ncc4c(n3)SCN(c3c(Cl)cccc3Cl)C4=O)ccc2C1. The number of anilines is 3. The van der Waals surface area contributed by atoms with Gasteiger partial charge in [-0.3, -0.25) is 9.69 Å². The summed E-state index contributed by atoms with van der Waals surface area (Å²) in [5.41, 5.74) is 3.71. The molecule has 0 saturated carbocycles. The van der Waals surface area contributed by atoms with Gasteiger partial charge < -0.3 is 5.32 Å². The van der Waals surface area contributed by atoms with Gasteiger partial charge in [0.1, 0.15) is 5.03 Å². The summed E-state index contributed by atoms with van der Waals surface area (Å²) in [6, 6.07) is 10.9. The number of nitrogens with zero attached hydrogens (tertiary/aromatic N) is 4. The minimum atomic E-state index is -3.22. The number of halogens is 2. The van der Waals surface area contributed by atoms with Gasteiger partial charge in [-0.25, -0.2) is 18.4 Å². The van der Waals surface area contributed by atoms with Crippen LogP contribution in [0.4, 0.5) is 17.3 Å². The molecule has 2 aliphatic rings. The van der Waals surface area contributed by atoms with Crippen molar-refractivity contribution in [1.82, 2.24) is 14.3 Å². The number of sulfonamides is 1. The number of carbonyl (C=O) groups excluding carboxylic acids is 1. The smallest absolute Gasteiger partial charge is 0.263 e. The van der Waals surface area contributed by atoms with E-state index in [9.17, 15) is 13.2 Å². The van der Waals surface area contributed by atoms with Gasteiger partial charge in [0.05, 0.1) is 33.4 Å². The molecule has 1 N–H and O–H groups in total. The fraction of sp³-hybridized carbons (Fsp3) is 0.227. The molecule has 0 spiro atoms. The van der Waals surface area contributed by atoms with Crippen LogP contribution in [0.15, 0.2) is 47.6 Å². The lowest BCUT2D eigenvalue weighted by molar-refractivity contribution is 0.0985. The summed E-state index contributed by atoms with van der Waals surface area (Å²) in [7, 11) is -3.22. The van der Waals surface area contributed by atoms with E-state index in [0.29, 0.717) is 57.7 Å². The highest BCUT2D eigenvalue weighted by Gasteiger charge is 2.30. The van der Waals surface area contributed by atoms with Crippen molar-refractivity contribution in [1.29, 1.82) is 0 Å². The third kappa shape index (κ3) is 4.48. The predicted octanol–water partition coefficient (Wildman–Crippen LogP) is 4.55. The van der Waals surface area contributed by atoms with E-state index in [2.05, 4.69) is 15.3 Å². The van der Waals surface area contributed by atoms with Crippen LogP contribution in [0.2, 0.25) is 10.0 Å². The van der Waals surface area contributed by atoms with Crippen molar-refractivity contribution in [2.75, 3.05) is 28.9 Å². The molecule has 0 atom stereocenters. The lowest BCUT2D eigenvalue weighted by Crippen LogP contribution is -2.35. The van der Waals surface area contributed by atoms with Crippen molar-refractivity contribution in [2.45, 2.75) is 18.0 Å². The maximum absolute atomic E-state index is 13.1. The average molecular weight is 536 g/mol. The van der Waals surface area contributed by atoms with Crippen LogP contribution < -0.4 is 10.2 Å². The Hall–Kier alpha value is -2.37. The summed E-state index contributed by atoms with van der Waals surface area (Å²) in [5.74, 6) is 0.429. The minimum Gasteiger partial charge on any atom is -0.324 e. The second-order valence-electron chi connectivity index (χ2n) is 7.94. The average Bonchev–Trinajstić information content (AvgIpc) is 2.79. The van der Waals surface area contributed by atoms with Crippen LogP contribution in [0, 0.1) is 0 Å². The van der Waals surface area contributed by atoms with E-state index < -0.39 is 10.0 Å². The van der Waals surface area contributed by atoms with Crippen LogP contribution >= 0.6 is 35.0 Å². The van der Waals surface area contributed by atoms with E-state index in [4.69, 9.17) is 23.2 Å². The Bertz CT molecular complexity index is 1400. The van der Waals surface area contributed by atoms with Gasteiger partial charge in [0, 0.05) is 25.0 Å². The second kappa shape index (κ2) is 9.01. The number of amides is 1. The summed E-state index contributed by atoms with van der Waals surface area (Å²) >= 11 is 14.0. The normalized spacial score (nSPS) is 16.2. The first-order valence-corrected chi connectivity index (χ1v) is 13.9. The topological polar surface area (TPSA) is 95.5 Å². The predicted molar refractivity (Wildman–Crippen MR) is 135 cm³/mol. The molecule has 2 aliphatic heterocycles. The first-order valence-electron chi connectivity index (χ1n) is 10.3. The van der Waals surface area contributed by atoms with Crippen molar-refractivity contribution in [2.24, 2.45) is 0 Å². The number of hydrogen-bond acceptors (Lipinski definition) is 7. The summed E-state index contributed by atoms with van der Waals surface area (Å²) in [4.78, 5) is 23.5. The summed E-state index contributed by atoms with van der Waals surface area (Å²) < 4.78 is 25.1. The standard InChI is InChI=1S/C22H19Cl2N5O3S2/c1-34(31,32)28-8-7-13-9-15(6-5-14(13)11-28)26-22-25-10-16-20(27-22)33-12-29(21(16)30)19-17(23)3-2-4-18(19)24/h2-6,9-10H,7-8,11-12H2,1H3,(H,25,26,27). The van der Waals surface area contributed by atoms with E-state index in [1.165, 1.54) is 33.4 Å². The molecule has 3 aromatic rings. The first-order chi connectivity index (χ1) is 16.2. The van der Waals surface area contributed by atoms with Crippen molar-refractivity contribution >= 4 is 68.2 Å². The molecule has 1 aromatic heterocycles.